The number of aromatic hydroxyl groups is 4. The Labute approximate surface area is 785 Å². The number of nitrogens with one attached hydrogen (secondary N) is 10. The summed E-state index contributed by atoms with van der Waals surface area (Å²) < 4.78 is 10.8. The zero-order valence-corrected chi connectivity index (χ0v) is 74.5. The number of aromatic amines is 5. The molecule has 21 heteroatoms. The number of ether oxygens (including phenoxy) is 2. The Bertz CT molecular complexity index is 7180. The van der Waals surface area contributed by atoms with Crippen molar-refractivity contribution >= 4 is 112 Å². The Hall–Kier alpha value is -17.9. The van der Waals surface area contributed by atoms with Crippen molar-refractivity contribution < 1.29 is 53.9 Å². The number of anilines is 5. The quantitative estimate of drug-likeness (QED) is 0.0226. The summed E-state index contributed by atoms with van der Waals surface area (Å²) in [5.74, 6) is 0.971. The average molecular weight is 1800 g/mol. The Morgan fingerprint density at radius 3 is 0.882 bits per heavy atom. The van der Waals surface area contributed by atoms with E-state index in [1.165, 1.54) is 29.8 Å². The van der Waals surface area contributed by atoms with Crippen LogP contribution >= 0.6 is 0 Å². The molecule has 14 N–H and O–H groups in total. The van der Waals surface area contributed by atoms with Crippen LogP contribution in [0.1, 0.15) is 47.9 Å². The van der Waals surface area contributed by atoms with Gasteiger partial charge in [0.05, 0.1) is 35.5 Å². The van der Waals surface area contributed by atoms with Gasteiger partial charge in [0.1, 0.15) is 23.0 Å². The van der Waals surface area contributed by atoms with Crippen LogP contribution in [0.15, 0.2) is 394 Å². The van der Waals surface area contributed by atoms with Crippen LogP contribution in [0, 0.1) is 0 Å². The molecule has 0 aliphatic rings. The number of benzene rings is 15. The molecule has 0 saturated heterocycles. The first kappa shape index (κ1) is 91.5. The average Bonchev–Trinajstić information content (AvgIpc) is 1.64. The Morgan fingerprint density at radius 2 is 0.537 bits per heavy atom. The van der Waals surface area contributed by atoms with Gasteiger partial charge in [-0.3, -0.25) is 24.0 Å². The third-order valence-corrected chi connectivity index (χ3v) is 22.9. The third kappa shape index (κ3) is 24.4. The molecule has 20 aromatic rings. The van der Waals surface area contributed by atoms with E-state index in [2.05, 4.69) is 106 Å². The fourth-order valence-electron chi connectivity index (χ4n) is 15.9. The lowest BCUT2D eigenvalue weighted by atomic mass is 10.1. The van der Waals surface area contributed by atoms with Crippen molar-refractivity contribution in [1.82, 2.24) is 24.9 Å². The van der Waals surface area contributed by atoms with Crippen LogP contribution in [0.2, 0.25) is 0 Å². The molecule has 5 heterocycles. The Balaban J connectivity index is 0.000000123. The number of hydrogen-bond donors (Lipinski definition) is 14. The Kier molecular flexibility index (Phi) is 30.0. The Morgan fingerprint density at radius 1 is 0.257 bits per heavy atom. The molecule has 0 radical (unpaired) electrons. The molecular weight excluding hydrogens is 1700 g/mol. The van der Waals surface area contributed by atoms with Gasteiger partial charge in [-0.05, 0) is 194 Å². The van der Waals surface area contributed by atoms with Gasteiger partial charge in [0.2, 0.25) is 23.6 Å². The largest absolute Gasteiger partial charge is 0.508 e. The summed E-state index contributed by atoms with van der Waals surface area (Å²) in [5, 5.41) is 58.3. The van der Waals surface area contributed by atoms with Gasteiger partial charge in [-0.1, -0.05) is 249 Å². The molecule has 676 valence electrons. The highest BCUT2D eigenvalue weighted by molar-refractivity contribution is 6.02. The maximum Gasteiger partial charge on any atom is 0.262 e. The van der Waals surface area contributed by atoms with Gasteiger partial charge in [0, 0.05) is 136 Å². The highest BCUT2D eigenvalue weighted by atomic mass is 16.5. The molecular formula is C115H100N10O11. The zero-order chi connectivity index (χ0) is 93.9. The van der Waals surface area contributed by atoms with Crippen molar-refractivity contribution in [3.8, 4) is 90.8 Å². The number of carbonyl (C=O) groups is 5. The number of para-hydroxylation sites is 11. The highest BCUT2D eigenvalue weighted by Gasteiger charge is 2.19. The molecule has 21 nitrogen and oxygen atoms in total. The summed E-state index contributed by atoms with van der Waals surface area (Å²) in [6.07, 6.45) is 3.96. The van der Waals surface area contributed by atoms with Crippen molar-refractivity contribution in [2.45, 2.75) is 51.4 Å². The van der Waals surface area contributed by atoms with Gasteiger partial charge in [0.25, 0.3) is 5.91 Å². The molecule has 136 heavy (non-hydrogen) atoms. The van der Waals surface area contributed by atoms with E-state index >= 15 is 0 Å². The molecule has 5 aromatic heterocycles. The normalized spacial score (nSPS) is 10.8. The second-order valence-corrected chi connectivity index (χ2v) is 32.4. The van der Waals surface area contributed by atoms with Crippen LogP contribution in [0.5, 0.6) is 34.5 Å². The summed E-state index contributed by atoms with van der Waals surface area (Å²) in [7, 11) is 1.65. The molecule has 0 saturated carbocycles. The van der Waals surface area contributed by atoms with Crippen LogP contribution in [-0.4, -0.2) is 88.6 Å². The fraction of sp³-hybridized carbons (Fsp3) is 0.0870. The van der Waals surface area contributed by atoms with Crippen molar-refractivity contribution in [2.75, 3.05) is 40.3 Å². The summed E-state index contributed by atoms with van der Waals surface area (Å²) in [6, 6.07) is 125. The van der Waals surface area contributed by atoms with Crippen LogP contribution in [0.25, 0.3) is 111 Å². The maximum absolute atomic E-state index is 12.6. The molecule has 0 bridgehead atoms. The SMILES string of the molecule is COc1ccccc1CCC(=O)Nc1ccccc1-c1cc2ccccc2[nH]1.O=C(CCc1ccc(O)c(O)c1)Nc1ccccc1-c1cc2ccccc2[nH]1.O=C(CCc1ccc(O)cc1)Nc1ccccc1-c1cc2ccccc2[nH]1.O=C(CCc1ccccc1)Nc1ccccc1-c1cc2ccccc2[nH]1.O=C(COc1ccc(O)cc1)Nc1ccccc1-c1cc2ccccc2[nH]1. The number of carbonyl (C=O) groups excluding carboxylic acids is 5. The predicted octanol–water partition coefficient (Wildman–Crippen LogP) is 25.3. The first-order valence-electron chi connectivity index (χ1n) is 44.7. The minimum atomic E-state index is -0.258. The number of aryl methyl sites for hydroxylation is 4. The number of phenolic OH excluding ortho intramolecular Hbond substituents is 4. The summed E-state index contributed by atoms with van der Waals surface area (Å²) >= 11 is 0. The lowest BCUT2D eigenvalue weighted by molar-refractivity contribution is -0.118. The molecule has 0 aliphatic carbocycles. The fourth-order valence-corrected chi connectivity index (χ4v) is 15.9. The van der Waals surface area contributed by atoms with E-state index in [-0.39, 0.29) is 65.6 Å². The topological polar surface area (TPSA) is 324 Å². The van der Waals surface area contributed by atoms with Crippen LogP contribution in [-0.2, 0) is 49.7 Å². The number of H-pyrrole nitrogens is 5. The number of amides is 5. The molecule has 15 aromatic carbocycles. The maximum atomic E-state index is 12.6. The number of aromatic nitrogens is 5. The molecule has 0 unspecified atom stereocenters. The van der Waals surface area contributed by atoms with E-state index in [1.807, 2.05) is 285 Å². The highest BCUT2D eigenvalue weighted by Crippen LogP contribution is 2.38. The van der Waals surface area contributed by atoms with Crippen LogP contribution < -0.4 is 36.1 Å². The lowest BCUT2D eigenvalue weighted by Gasteiger charge is -2.11. The molecule has 0 spiro atoms. The molecule has 5 amide bonds. The van der Waals surface area contributed by atoms with Gasteiger partial charge >= 0.3 is 0 Å². The molecule has 0 aliphatic heterocycles. The zero-order valence-electron chi connectivity index (χ0n) is 74.5. The summed E-state index contributed by atoms with van der Waals surface area (Å²) in [6.45, 7) is -0.119. The van der Waals surface area contributed by atoms with Crippen LogP contribution in [0.4, 0.5) is 28.4 Å². The number of hydrogen-bond acceptors (Lipinski definition) is 11. The third-order valence-electron chi connectivity index (χ3n) is 22.9. The number of fused-ring (bicyclic) bond motifs is 5. The molecule has 0 atom stereocenters. The predicted molar refractivity (Wildman–Crippen MR) is 546 cm³/mol. The van der Waals surface area contributed by atoms with E-state index in [0.717, 1.165) is 162 Å². The molecule has 20 rings (SSSR count). The minimum absolute atomic E-state index is 0.0190. The minimum Gasteiger partial charge on any atom is -0.508 e. The number of methoxy groups -OCH3 is 1. The first-order chi connectivity index (χ1) is 66.5. The standard InChI is InChI=1S/C24H22N2O2.C23H20N2O3.C23H20N2O2.C23H20N2O.C22H18N2O3/c1-28-23-13-7-3-8-17(23)14-15-24(27)26-21-12-6-4-10-19(21)22-16-18-9-2-5-11-20(18)25-22;26-21-11-9-15(13-22(21)27)10-12-23(28)25-19-8-4-2-6-17(19)20-14-16-5-1-3-7-18(16)24-20;26-18-12-9-16(10-13-18)11-14-23(27)25-21-8-4-2-6-19(21)22-15-17-5-1-3-7-20(17)24-22;26-23(15-14-17-8-2-1-3-9-17)25-21-13-7-5-11-19(21)22-16-18-10-4-6-12-20(18)24-22;25-16-9-11-17(12-10-16)27-14-22(26)24-20-8-4-2-6-18(20)21-13-15-5-1-3-7-19(15)23-21/h2-13,16,25H,14-15H2,1H3,(H,26,27);1-9,11,13-14,24,26-27H,10,12H2,(H,25,28);1-10,12-13,15,24,26H,11,14H2,(H,25,27);1-13,16,24H,14-15H2,(H,25,26);1-13,23,25H,14H2,(H,24,26). The monoisotopic (exact) mass is 1800 g/mol. The lowest BCUT2D eigenvalue weighted by Crippen LogP contribution is -2.20. The number of phenols is 4. The second kappa shape index (κ2) is 44.6. The van der Waals surface area contributed by atoms with Gasteiger partial charge in [0.15, 0.2) is 18.1 Å². The second-order valence-electron chi connectivity index (χ2n) is 32.4. The van der Waals surface area contributed by atoms with Gasteiger partial charge in [-0.2, -0.15) is 0 Å². The molecule has 0 fully saturated rings. The van der Waals surface area contributed by atoms with Crippen LogP contribution in [0.3, 0.4) is 0 Å². The van der Waals surface area contributed by atoms with E-state index in [0.29, 0.717) is 50.0 Å². The van der Waals surface area contributed by atoms with E-state index in [1.54, 1.807) is 37.4 Å². The summed E-state index contributed by atoms with van der Waals surface area (Å²) in [4.78, 5) is 79.3. The smallest absolute Gasteiger partial charge is 0.262 e. The van der Waals surface area contributed by atoms with E-state index < -0.39 is 0 Å². The summed E-state index contributed by atoms with van der Waals surface area (Å²) in [5.41, 5.74) is 22.8. The number of rotatable bonds is 26. The van der Waals surface area contributed by atoms with E-state index in [4.69, 9.17) is 9.47 Å². The first-order valence-corrected chi connectivity index (χ1v) is 44.7. The van der Waals surface area contributed by atoms with Crippen molar-refractivity contribution in [3.63, 3.8) is 0 Å². The van der Waals surface area contributed by atoms with Gasteiger partial charge in [-0.25, -0.2) is 0 Å². The van der Waals surface area contributed by atoms with Crippen molar-refractivity contribution in [2.24, 2.45) is 0 Å². The van der Waals surface area contributed by atoms with Crippen molar-refractivity contribution in [3.05, 3.63) is 417 Å². The van der Waals surface area contributed by atoms with Crippen molar-refractivity contribution in [1.29, 1.82) is 0 Å². The van der Waals surface area contributed by atoms with Gasteiger partial charge in [-0.15, -0.1) is 0 Å². The van der Waals surface area contributed by atoms with Gasteiger partial charge < -0.3 is 81.4 Å². The van der Waals surface area contributed by atoms with E-state index in [9.17, 15) is 44.4 Å².